The van der Waals surface area contributed by atoms with Crippen molar-refractivity contribution in [2.24, 2.45) is 0 Å². The topological polar surface area (TPSA) is 20.3 Å². The second kappa shape index (κ2) is 6.29. The van der Waals surface area contributed by atoms with Gasteiger partial charge in [0.15, 0.2) is 5.78 Å². The highest BCUT2D eigenvalue weighted by atomic mass is 16.1. The molecule has 2 aromatic rings. The first-order valence-electron chi connectivity index (χ1n) is 7.72. The van der Waals surface area contributed by atoms with E-state index in [9.17, 15) is 4.79 Å². The van der Waals surface area contributed by atoms with E-state index in [1.807, 2.05) is 12.2 Å². The van der Waals surface area contributed by atoms with Gasteiger partial charge in [-0.3, -0.25) is 9.69 Å². The maximum absolute atomic E-state index is 12.8. The smallest absolute Gasteiger partial charge is 0.154 e. The molecule has 22 heavy (non-hydrogen) atoms. The minimum atomic E-state index is -0.0155. The van der Waals surface area contributed by atoms with E-state index in [0.29, 0.717) is 19.6 Å². The van der Waals surface area contributed by atoms with Gasteiger partial charge in [0.2, 0.25) is 0 Å². The summed E-state index contributed by atoms with van der Waals surface area (Å²) < 4.78 is 0. The number of rotatable bonds is 7. The number of Topliss-reactive ketones (excluding diaryl/α,β-unsaturated/α-hetero) is 1. The zero-order chi connectivity index (χ0) is 15.5. The standard InChI is InChI=1S/C20H21NO/c1-3-11-21(12-4-2)14-19(22)18-13-16-9-5-7-15-8-6-10-17(18)20(15)16/h3-10,18H,1-2,11-14H2. The molecule has 2 heteroatoms. The molecule has 0 aliphatic heterocycles. The Kier molecular flexibility index (Phi) is 4.21. The third-order valence-electron chi connectivity index (χ3n) is 4.37. The van der Waals surface area contributed by atoms with Crippen molar-refractivity contribution in [3.8, 4) is 0 Å². The summed E-state index contributed by atoms with van der Waals surface area (Å²) in [5.74, 6) is 0.269. The van der Waals surface area contributed by atoms with E-state index in [4.69, 9.17) is 0 Å². The number of nitrogens with zero attached hydrogens (tertiary/aromatic N) is 1. The summed E-state index contributed by atoms with van der Waals surface area (Å²) in [6.45, 7) is 9.40. The first kappa shape index (κ1) is 14.7. The van der Waals surface area contributed by atoms with Crippen LogP contribution in [0.1, 0.15) is 17.0 Å². The molecule has 2 aromatic carbocycles. The monoisotopic (exact) mass is 291 g/mol. The Labute approximate surface area is 131 Å². The summed E-state index contributed by atoms with van der Waals surface area (Å²) in [7, 11) is 0. The maximum atomic E-state index is 12.8. The summed E-state index contributed by atoms with van der Waals surface area (Å²) in [5, 5.41) is 2.52. The first-order valence-corrected chi connectivity index (χ1v) is 7.72. The van der Waals surface area contributed by atoms with Crippen LogP contribution in [0.2, 0.25) is 0 Å². The lowest BCUT2D eigenvalue weighted by molar-refractivity contribution is -0.121. The van der Waals surface area contributed by atoms with Gasteiger partial charge in [-0.2, -0.15) is 0 Å². The van der Waals surface area contributed by atoms with Crippen molar-refractivity contribution < 1.29 is 4.79 Å². The highest BCUT2D eigenvalue weighted by molar-refractivity contribution is 5.99. The van der Waals surface area contributed by atoms with Gasteiger partial charge in [-0.1, -0.05) is 48.6 Å². The van der Waals surface area contributed by atoms with E-state index in [-0.39, 0.29) is 11.7 Å². The largest absolute Gasteiger partial charge is 0.298 e. The molecule has 0 fully saturated rings. The molecule has 0 saturated heterocycles. The Balaban J connectivity index is 1.85. The van der Waals surface area contributed by atoms with Crippen LogP contribution < -0.4 is 0 Å². The Morgan fingerprint density at radius 1 is 1.14 bits per heavy atom. The van der Waals surface area contributed by atoms with Gasteiger partial charge < -0.3 is 0 Å². The lowest BCUT2D eigenvalue weighted by atomic mass is 9.95. The summed E-state index contributed by atoms with van der Waals surface area (Å²) in [6, 6.07) is 12.6. The van der Waals surface area contributed by atoms with E-state index >= 15 is 0 Å². The molecular weight excluding hydrogens is 270 g/mol. The molecule has 112 valence electrons. The number of benzene rings is 2. The van der Waals surface area contributed by atoms with Crippen LogP contribution in [0, 0.1) is 0 Å². The van der Waals surface area contributed by atoms with Crippen LogP contribution in [0.5, 0.6) is 0 Å². The van der Waals surface area contributed by atoms with Gasteiger partial charge in [-0.15, -0.1) is 13.2 Å². The van der Waals surface area contributed by atoms with Crippen LogP contribution in [0.15, 0.2) is 61.7 Å². The third-order valence-corrected chi connectivity index (χ3v) is 4.37. The predicted octanol–water partition coefficient (Wildman–Crippen LogP) is 3.72. The van der Waals surface area contributed by atoms with E-state index in [2.05, 4.69) is 54.5 Å². The lowest BCUT2D eigenvalue weighted by Gasteiger charge is -2.20. The normalized spacial score (nSPS) is 16.1. The minimum absolute atomic E-state index is 0.0155. The van der Waals surface area contributed by atoms with Crippen molar-refractivity contribution in [1.82, 2.24) is 4.90 Å². The second-order valence-corrected chi connectivity index (χ2v) is 5.86. The quantitative estimate of drug-likeness (QED) is 0.725. The van der Waals surface area contributed by atoms with Crippen LogP contribution in [0.25, 0.3) is 10.8 Å². The van der Waals surface area contributed by atoms with Gasteiger partial charge in [-0.05, 0) is 28.3 Å². The van der Waals surface area contributed by atoms with Crippen LogP contribution in [0.4, 0.5) is 0 Å². The molecule has 0 spiro atoms. The fraction of sp³-hybridized carbons (Fsp3) is 0.250. The van der Waals surface area contributed by atoms with Crippen molar-refractivity contribution in [1.29, 1.82) is 0 Å². The van der Waals surface area contributed by atoms with Gasteiger partial charge in [0.05, 0.1) is 6.54 Å². The van der Waals surface area contributed by atoms with E-state index < -0.39 is 0 Å². The Hall–Kier alpha value is -2.19. The number of hydrogen-bond acceptors (Lipinski definition) is 2. The van der Waals surface area contributed by atoms with Crippen LogP contribution in [-0.2, 0) is 11.2 Å². The van der Waals surface area contributed by atoms with Crippen molar-refractivity contribution in [3.05, 3.63) is 72.8 Å². The Bertz CT molecular complexity index is 716. The number of hydrogen-bond donors (Lipinski definition) is 0. The van der Waals surface area contributed by atoms with Gasteiger partial charge in [0.25, 0.3) is 0 Å². The molecule has 0 amide bonds. The molecule has 0 radical (unpaired) electrons. The molecule has 0 heterocycles. The molecule has 1 unspecified atom stereocenters. The zero-order valence-electron chi connectivity index (χ0n) is 12.8. The van der Waals surface area contributed by atoms with Crippen LogP contribution in [0.3, 0.4) is 0 Å². The van der Waals surface area contributed by atoms with Gasteiger partial charge in [0.1, 0.15) is 0 Å². The molecule has 1 aliphatic carbocycles. The Morgan fingerprint density at radius 2 is 1.82 bits per heavy atom. The summed E-state index contributed by atoms with van der Waals surface area (Å²) in [6.07, 6.45) is 4.49. The molecule has 0 N–H and O–H groups in total. The van der Waals surface area contributed by atoms with Gasteiger partial charge >= 0.3 is 0 Å². The molecule has 0 bridgehead atoms. The van der Waals surface area contributed by atoms with Crippen molar-refractivity contribution in [2.45, 2.75) is 12.3 Å². The highest BCUT2D eigenvalue weighted by Gasteiger charge is 2.30. The van der Waals surface area contributed by atoms with Crippen molar-refractivity contribution >= 4 is 16.6 Å². The first-order chi connectivity index (χ1) is 10.7. The molecule has 3 rings (SSSR count). The zero-order valence-corrected chi connectivity index (χ0v) is 12.8. The fourth-order valence-electron chi connectivity index (χ4n) is 3.43. The number of carbonyl (C=O) groups is 1. The van der Waals surface area contributed by atoms with E-state index in [1.165, 1.54) is 21.9 Å². The average molecular weight is 291 g/mol. The van der Waals surface area contributed by atoms with Crippen LogP contribution in [-0.4, -0.2) is 30.3 Å². The SMILES string of the molecule is C=CCN(CC=C)CC(=O)C1Cc2cccc3cccc1c23. The van der Waals surface area contributed by atoms with Crippen molar-refractivity contribution in [2.75, 3.05) is 19.6 Å². The van der Waals surface area contributed by atoms with Crippen LogP contribution >= 0.6 is 0 Å². The molecule has 0 saturated carbocycles. The second-order valence-electron chi connectivity index (χ2n) is 5.86. The van der Waals surface area contributed by atoms with E-state index in [0.717, 1.165) is 6.42 Å². The van der Waals surface area contributed by atoms with Gasteiger partial charge in [0, 0.05) is 19.0 Å². The number of ketones is 1. The number of carbonyl (C=O) groups excluding carboxylic acids is 1. The average Bonchev–Trinajstić information content (AvgIpc) is 2.89. The summed E-state index contributed by atoms with van der Waals surface area (Å²) in [5.41, 5.74) is 2.49. The Morgan fingerprint density at radius 3 is 2.50 bits per heavy atom. The summed E-state index contributed by atoms with van der Waals surface area (Å²) >= 11 is 0. The fourth-order valence-corrected chi connectivity index (χ4v) is 3.43. The maximum Gasteiger partial charge on any atom is 0.154 e. The third kappa shape index (κ3) is 2.62. The highest BCUT2D eigenvalue weighted by Crippen LogP contribution is 2.38. The summed E-state index contributed by atoms with van der Waals surface area (Å²) in [4.78, 5) is 14.9. The lowest BCUT2D eigenvalue weighted by Crippen LogP contribution is -2.32. The molecule has 2 nitrogen and oxygen atoms in total. The van der Waals surface area contributed by atoms with Crippen molar-refractivity contribution in [3.63, 3.8) is 0 Å². The molecule has 1 aliphatic rings. The predicted molar refractivity (Wildman–Crippen MR) is 92.2 cm³/mol. The molecule has 0 aromatic heterocycles. The minimum Gasteiger partial charge on any atom is -0.298 e. The van der Waals surface area contributed by atoms with Gasteiger partial charge in [-0.25, -0.2) is 0 Å². The van der Waals surface area contributed by atoms with E-state index in [1.54, 1.807) is 0 Å². The molecule has 1 atom stereocenters. The molecular formula is C20H21NO.